The highest BCUT2D eigenvalue weighted by Gasteiger charge is 1.96. The van der Waals surface area contributed by atoms with Crippen molar-refractivity contribution in [2.45, 2.75) is 47.5 Å². The van der Waals surface area contributed by atoms with Gasteiger partial charge in [-0.15, -0.1) is 0 Å². The lowest BCUT2D eigenvalue weighted by Crippen LogP contribution is -1.98. The first kappa shape index (κ1) is 24.1. The number of carbonyl (C=O) groups is 4. The highest BCUT2D eigenvalue weighted by molar-refractivity contribution is 5.89. The summed E-state index contributed by atoms with van der Waals surface area (Å²) in [6, 6.07) is 0. The van der Waals surface area contributed by atoms with Gasteiger partial charge < -0.3 is 15.0 Å². The van der Waals surface area contributed by atoms with Gasteiger partial charge in [-0.3, -0.25) is 4.79 Å². The molecule has 0 atom stereocenters. The smallest absolute Gasteiger partial charge is 0.328 e. The SMILES string of the molecule is CC(=O)C(C)C.CCC(C=O)CC.O=C(O)/C=C\C(=O)O. The predicted molar refractivity (Wildman–Crippen MR) is 80.1 cm³/mol. The van der Waals surface area contributed by atoms with Gasteiger partial charge in [0.05, 0.1) is 0 Å². The Morgan fingerprint density at radius 3 is 1.29 bits per heavy atom. The van der Waals surface area contributed by atoms with Crippen LogP contribution in [0.1, 0.15) is 47.5 Å². The summed E-state index contributed by atoms with van der Waals surface area (Å²) in [6.45, 7) is 9.44. The first-order valence-electron chi connectivity index (χ1n) is 6.71. The molecule has 21 heavy (non-hydrogen) atoms. The number of hydrogen-bond donors (Lipinski definition) is 2. The highest BCUT2D eigenvalue weighted by atomic mass is 16.4. The van der Waals surface area contributed by atoms with E-state index in [0.717, 1.165) is 19.1 Å². The molecule has 0 unspecified atom stereocenters. The van der Waals surface area contributed by atoms with Gasteiger partial charge in [0.15, 0.2) is 0 Å². The third kappa shape index (κ3) is 27.3. The third-order valence-electron chi connectivity index (χ3n) is 2.42. The fourth-order valence-corrected chi connectivity index (χ4v) is 0.624. The van der Waals surface area contributed by atoms with Crippen LogP contribution < -0.4 is 0 Å². The van der Waals surface area contributed by atoms with Crippen LogP contribution in [-0.2, 0) is 19.2 Å². The Morgan fingerprint density at radius 2 is 1.24 bits per heavy atom. The van der Waals surface area contributed by atoms with Gasteiger partial charge in [-0.05, 0) is 19.8 Å². The average molecular weight is 302 g/mol. The van der Waals surface area contributed by atoms with E-state index in [1.54, 1.807) is 6.92 Å². The molecule has 0 aliphatic heterocycles. The summed E-state index contributed by atoms with van der Waals surface area (Å²) in [5.74, 6) is -1.74. The van der Waals surface area contributed by atoms with Crippen molar-refractivity contribution in [3.63, 3.8) is 0 Å². The van der Waals surface area contributed by atoms with Crippen LogP contribution in [0.15, 0.2) is 12.2 Å². The van der Waals surface area contributed by atoms with E-state index >= 15 is 0 Å². The van der Waals surface area contributed by atoms with Crippen molar-refractivity contribution in [3.8, 4) is 0 Å². The Hall–Kier alpha value is -1.98. The molecule has 0 radical (unpaired) electrons. The number of hydrogen-bond acceptors (Lipinski definition) is 4. The van der Waals surface area contributed by atoms with Gasteiger partial charge in [-0.2, -0.15) is 0 Å². The van der Waals surface area contributed by atoms with E-state index in [4.69, 9.17) is 10.2 Å². The molecule has 0 aromatic carbocycles. The molecule has 6 heteroatoms. The van der Waals surface area contributed by atoms with Gasteiger partial charge in [0.1, 0.15) is 12.1 Å². The molecule has 0 saturated carbocycles. The van der Waals surface area contributed by atoms with Crippen LogP contribution in [0, 0.1) is 11.8 Å². The van der Waals surface area contributed by atoms with E-state index < -0.39 is 11.9 Å². The first-order chi connectivity index (χ1) is 9.61. The Balaban J connectivity index is -0.000000234. The molecule has 2 N–H and O–H groups in total. The summed E-state index contributed by atoms with van der Waals surface area (Å²) >= 11 is 0. The molecule has 0 aliphatic rings. The molecule has 0 saturated heterocycles. The minimum atomic E-state index is -1.26. The van der Waals surface area contributed by atoms with Gasteiger partial charge in [0.2, 0.25) is 0 Å². The monoisotopic (exact) mass is 302 g/mol. The minimum Gasteiger partial charge on any atom is -0.478 e. The molecule has 6 nitrogen and oxygen atoms in total. The number of rotatable bonds is 6. The second-order valence-corrected chi connectivity index (χ2v) is 4.49. The Labute approximate surface area is 125 Å². The molecule has 0 aliphatic carbocycles. The molecule has 0 amide bonds. The third-order valence-corrected chi connectivity index (χ3v) is 2.42. The average Bonchev–Trinajstić information content (AvgIpc) is 2.39. The standard InChI is InChI=1S/C6H12O.C5H10O.C4H4O4/c1-3-6(4-2)5-7;1-4(2)5(3)6;5-3(6)1-2-4(7)8/h5-6H,3-4H2,1-2H3;4H,1-3H3;1-2H,(H,5,6)(H,7,8)/b;;2-1-. The zero-order valence-corrected chi connectivity index (χ0v) is 13.3. The fourth-order valence-electron chi connectivity index (χ4n) is 0.624. The van der Waals surface area contributed by atoms with E-state index in [9.17, 15) is 19.2 Å². The maximum absolute atomic E-state index is 10.1. The number of Topliss-reactive ketones (excluding diaryl/α,β-unsaturated/α-hetero) is 1. The lowest BCUT2D eigenvalue weighted by molar-refractivity contribution is -0.134. The summed E-state index contributed by atoms with van der Waals surface area (Å²) in [7, 11) is 0. The van der Waals surface area contributed by atoms with Crippen molar-refractivity contribution in [2.24, 2.45) is 11.8 Å². The van der Waals surface area contributed by atoms with E-state index in [2.05, 4.69) is 0 Å². The quantitative estimate of drug-likeness (QED) is 0.576. The largest absolute Gasteiger partial charge is 0.478 e. The van der Waals surface area contributed by atoms with Gasteiger partial charge in [0.25, 0.3) is 0 Å². The number of carboxylic acid groups (broad SMARTS) is 2. The molecule has 0 aromatic rings. The van der Waals surface area contributed by atoms with Crippen LogP contribution >= 0.6 is 0 Å². The van der Waals surface area contributed by atoms with Crippen molar-refractivity contribution < 1.29 is 29.4 Å². The van der Waals surface area contributed by atoms with Crippen LogP contribution in [0.4, 0.5) is 0 Å². The maximum Gasteiger partial charge on any atom is 0.328 e. The highest BCUT2D eigenvalue weighted by Crippen LogP contribution is 2.01. The topological polar surface area (TPSA) is 109 Å². The molecular formula is C15H26O6. The zero-order valence-electron chi connectivity index (χ0n) is 13.3. The summed E-state index contributed by atoms with van der Waals surface area (Å²) < 4.78 is 0. The molecule has 0 aromatic heterocycles. The lowest BCUT2D eigenvalue weighted by Gasteiger charge is -1.97. The van der Waals surface area contributed by atoms with E-state index in [1.807, 2.05) is 27.7 Å². The predicted octanol–water partition coefficient (Wildman–Crippen LogP) is 2.56. The number of carboxylic acids is 2. The molecule has 0 bridgehead atoms. The summed E-state index contributed by atoms with van der Waals surface area (Å²) in [6.07, 6.45) is 4.12. The minimum absolute atomic E-state index is 0.213. The van der Waals surface area contributed by atoms with Crippen LogP contribution in [0.2, 0.25) is 0 Å². The zero-order chi connectivity index (χ0) is 17.4. The van der Waals surface area contributed by atoms with Crippen molar-refractivity contribution in [1.82, 2.24) is 0 Å². The second-order valence-electron chi connectivity index (χ2n) is 4.49. The van der Waals surface area contributed by atoms with E-state index in [-0.39, 0.29) is 11.7 Å². The van der Waals surface area contributed by atoms with E-state index in [1.165, 1.54) is 0 Å². The van der Waals surface area contributed by atoms with Crippen molar-refractivity contribution in [3.05, 3.63) is 12.2 Å². The van der Waals surface area contributed by atoms with E-state index in [0.29, 0.717) is 18.1 Å². The molecule has 0 heterocycles. The Bertz CT molecular complexity index is 324. The molecular weight excluding hydrogens is 276 g/mol. The number of carbonyl (C=O) groups excluding carboxylic acids is 2. The van der Waals surface area contributed by atoms with Gasteiger partial charge in [-0.1, -0.05) is 27.7 Å². The van der Waals surface area contributed by atoms with Gasteiger partial charge in [-0.25, -0.2) is 9.59 Å². The molecule has 0 spiro atoms. The maximum atomic E-state index is 10.1. The van der Waals surface area contributed by atoms with Crippen molar-refractivity contribution in [1.29, 1.82) is 0 Å². The number of aliphatic carboxylic acids is 2. The van der Waals surface area contributed by atoms with Gasteiger partial charge in [0, 0.05) is 24.0 Å². The second kappa shape index (κ2) is 16.1. The number of ketones is 1. The summed E-state index contributed by atoms with van der Waals surface area (Å²) in [5, 5.41) is 15.6. The first-order valence-corrected chi connectivity index (χ1v) is 6.71. The summed E-state index contributed by atoms with van der Waals surface area (Å²) in [5.41, 5.74) is 0. The van der Waals surface area contributed by atoms with Crippen molar-refractivity contribution in [2.75, 3.05) is 0 Å². The molecule has 0 fully saturated rings. The van der Waals surface area contributed by atoms with Crippen LogP contribution in [0.25, 0.3) is 0 Å². The normalized spacial score (nSPS) is 9.48. The summed E-state index contributed by atoms with van der Waals surface area (Å²) in [4.78, 5) is 39.2. The van der Waals surface area contributed by atoms with Gasteiger partial charge >= 0.3 is 11.9 Å². The Kier molecular flexibility index (Phi) is 18.4. The molecule has 122 valence electrons. The van der Waals surface area contributed by atoms with Crippen LogP contribution in [0.5, 0.6) is 0 Å². The molecule has 0 rings (SSSR count). The lowest BCUT2D eigenvalue weighted by atomic mass is 10.1. The fraction of sp³-hybridized carbons (Fsp3) is 0.600. The Morgan fingerprint density at radius 1 is 0.952 bits per heavy atom. The number of aldehydes is 1. The van der Waals surface area contributed by atoms with Crippen LogP contribution in [0.3, 0.4) is 0 Å². The van der Waals surface area contributed by atoms with Crippen LogP contribution in [-0.4, -0.2) is 34.2 Å². The van der Waals surface area contributed by atoms with Crippen molar-refractivity contribution >= 4 is 24.0 Å².